The number of nitrogens with zero attached hydrogens (tertiary/aromatic N) is 1. The van der Waals surface area contributed by atoms with Crippen LogP contribution in [-0.4, -0.2) is 23.9 Å². The Kier molecular flexibility index (Phi) is 3.33. The van der Waals surface area contributed by atoms with Crippen molar-refractivity contribution in [3.63, 3.8) is 0 Å². The highest BCUT2D eigenvalue weighted by Crippen LogP contribution is 2.30. The summed E-state index contributed by atoms with van der Waals surface area (Å²) in [7, 11) is 0. The highest BCUT2D eigenvalue weighted by molar-refractivity contribution is 5.81. The second kappa shape index (κ2) is 5.11. The Bertz CT molecular complexity index is 412. The van der Waals surface area contributed by atoms with Crippen molar-refractivity contribution in [3.8, 4) is 0 Å². The van der Waals surface area contributed by atoms with Crippen molar-refractivity contribution in [3.05, 3.63) is 35.9 Å². The van der Waals surface area contributed by atoms with Crippen molar-refractivity contribution in [2.75, 3.05) is 13.1 Å². The molecule has 18 heavy (non-hydrogen) atoms. The molecule has 3 nitrogen and oxygen atoms in total. The molecule has 3 rings (SSSR count). The average Bonchev–Trinajstić information content (AvgIpc) is 3.03. The summed E-state index contributed by atoms with van der Waals surface area (Å²) in [6.07, 6.45) is 5.31. The third-order valence-corrected chi connectivity index (χ3v) is 4.12. The van der Waals surface area contributed by atoms with Gasteiger partial charge in [0.2, 0.25) is 5.91 Å². The largest absolute Gasteiger partial charge is 0.322 e. The van der Waals surface area contributed by atoms with Crippen molar-refractivity contribution in [2.24, 2.45) is 5.92 Å². The normalized spacial score (nSPS) is 25.0. The fourth-order valence-electron chi connectivity index (χ4n) is 3.15. The summed E-state index contributed by atoms with van der Waals surface area (Å²) < 4.78 is 0. The van der Waals surface area contributed by atoms with Crippen molar-refractivity contribution >= 4 is 5.91 Å². The first kappa shape index (κ1) is 11.7. The van der Waals surface area contributed by atoms with Gasteiger partial charge in [0.15, 0.2) is 0 Å². The Hall–Kier alpha value is -1.35. The molecule has 2 fully saturated rings. The molecule has 1 amide bonds. The van der Waals surface area contributed by atoms with E-state index in [1.807, 2.05) is 23.1 Å². The molecule has 1 aromatic rings. The van der Waals surface area contributed by atoms with Gasteiger partial charge in [-0.15, -0.1) is 0 Å². The van der Waals surface area contributed by atoms with Crippen LogP contribution >= 0.6 is 0 Å². The maximum absolute atomic E-state index is 12.0. The zero-order chi connectivity index (χ0) is 12.4. The summed E-state index contributed by atoms with van der Waals surface area (Å²) >= 11 is 0. The van der Waals surface area contributed by atoms with Crippen molar-refractivity contribution in [1.82, 2.24) is 10.2 Å². The van der Waals surface area contributed by atoms with Gasteiger partial charge >= 0.3 is 0 Å². The minimum absolute atomic E-state index is 0.0827. The maximum Gasteiger partial charge on any atom is 0.238 e. The lowest BCUT2D eigenvalue weighted by Crippen LogP contribution is -2.34. The Morgan fingerprint density at radius 3 is 2.61 bits per heavy atom. The molecule has 1 saturated heterocycles. The number of carbonyl (C=O) groups excluding carboxylic acids is 1. The van der Waals surface area contributed by atoms with E-state index >= 15 is 0 Å². The molecule has 1 atom stereocenters. The summed E-state index contributed by atoms with van der Waals surface area (Å²) in [6, 6.07) is 10.3. The van der Waals surface area contributed by atoms with Crippen LogP contribution in [-0.2, 0) is 4.79 Å². The standard InChI is InChI=1S/C15H20N2O/c18-14-10-16-15(13-8-2-1-3-9-13)17(14)11-12-6-4-5-7-12/h1-3,8-9,12,15-16H,4-7,10-11H2. The van der Waals surface area contributed by atoms with E-state index in [0.717, 1.165) is 6.54 Å². The number of hydrogen-bond donors (Lipinski definition) is 1. The van der Waals surface area contributed by atoms with Gasteiger partial charge in [0.1, 0.15) is 6.17 Å². The summed E-state index contributed by atoms with van der Waals surface area (Å²) in [5, 5.41) is 3.32. The number of nitrogens with one attached hydrogen (secondary N) is 1. The monoisotopic (exact) mass is 244 g/mol. The highest BCUT2D eigenvalue weighted by Gasteiger charge is 2.33. The fourth-order valence-corrected chi connectivity index (χ4v) is 3.15. The number of carbonyl (C=O) groups is 1. The second-order valence-corrected chi connectivity index (χ2v) is 5.39. The first-order valence-corrected chi connectivity index (χ1v) is 6.92. The van der Waals surface area contributed by atoms with Gasteiger partial charge in [0.05, 0.1) is 6.54 Å². The van der Waals surface area contributed by atoms with Crippen LogP contribution in [0.1, 0.15) is 37.4 Å². The highest BCUT2D eigenvalue weighted by atomic mass is 16.2. The topological polar surface area (TPSA) is 32.3 Å². The van der Waals surface area contributed by atoms with E-state index in [1.165, 1.54) is 31.2 Å². The number of benzene rings is 1. The maximum atomic E-state index is 12.0. The van der Waals surface area contributed by atoms with Gasteiger partial charge in [-0.05, 0) is 24.3 Å². The van der Waals surface area contributed by atoms with Gasteiger partial charge in [-0.2, -0.15) is 0 Å². The molecule has 0 spiro atoms. The van der Waals surface area contributed by atoms with E-state index in [9.17, 15) is 4.79 Å². The van der Waals surface area contributed by atoms with Crippen molar-refractivity contribution < 1.29 is 4.79 Å². The van der Waals surface area contributed by atoms with Crippen LogP contribution in [0, 0.1) is 5.92 Å². The molecular formula is C15H20N2O. The van der Waals surface area contributed by atoms with E-state index in [2.05, 4.69) is 17.4 Å². The molecule has 1 aromatic carbocycles. The summed E-state index contributed by atoms with van der Waals surface area (Å²) in [6.45, 7) is 1.40. The zero-order valence-corrected chi connectivity index (χ0v) is 10.6. The predicted octanol–water partition coefficient (Wildman–Crippen LogP) is 2.31. The van der Waals surface area contributed by atoms with Gasteiger partial charge in [-0.1, -0.05) is 43.2 Å². The lowest BCUT2D eigenvalue weighted by atomic mass is 10.1. The van der Waals surface area contributed by atoms with Crippen LogP contribution in [0.3, 0.4) is 0 Å². The second-order valence-electron chi connectivity index (χ2n) is 5.39. The minimum atomic E-state index is 0.0827. The zero-order valence-electron chi connectivity index (χ0n) is 10.6. The molecule has 1 aliphatic carbocycles. The summed E-state index contributed by atoms with van der Waals surface area (Å²) in [5.74, 6) is 0.954. The lowest BCUT2D eigenvalue weighted by molar-refractivity contribution is -0.128. The summed E-state index contributed by atoms with van der Waals surface area (Å²) in [4.78, 5) is 14.0. The van der Waals surface area contributed by atoms with Crippen LogP contribution < -0.4 is 5.32 Å². The molecule has 1 N–H and O–H groups in total. The summed E-state index contributed by atoms with van der Waals surface area (Å²) in [5.41, 5.74) is 1.20. The van der Waals surface area contributed by atoms with Crippen LogP contribution in [0.15, 0.2) is 30.3 Å². The molecule has 0 aromatic heterocycles. The van der Waals surface area contributed by atoms with Gasteiger partial charge in [0.25, 0.3) is 0 Å². The average molecular weight is 244 g/mol. The van der Waals surface area contributed by atoms with Gasteiger partial charge < -0.3 is 4.90 Å². The molecule has 1 heterocycles. The van der Waals surface area contributed by atoms with Crippen LogP contribution in [0.25, 0.3) is 0 Å². The third kappa shape index (κ3) is 2.27. The Morgan fingerprint density at radius 1 is 1.17 bits per heavy atom. The van der Waals surface area contributed by atoms with E-state index in [1.54, 1.807) is 0 Å². The molecule has 3 heteroatoms. The quantitative estimate of drug-likeness (QED) is 0.885. The fraction of sp³-hybridized carbons (Fsp3) is 0.533. The SMILES string of the molecule is O=C1CNC(c2ccccc2)N1CC1CCCC1. The Morgan fingerprint density at radius 2 is 1.89 bits per heavy atom. The first-order chi connectivity index (χ1) is 8.84. The first-order valence-electron chi connectivity index (χ1n) is 6.92. The van der Waals surface area contributed by atoms with E-state index in [4.69, 9.17) is 0 Å². The number of rotatable bonds is 3. The van der Waals surface area contributed by atoms with E-state index in [0.29, 0.717) is 12.5 Å². The molecule has 1 aliphatic heterocycles. The smallest absolute Gasteiger partial charge is 0.238 e. The van der Waals surface area contributed by atoms with Crippen LogP contribution in [0.5, 0.6) is 0 Å². The van der Waals surface area contributed by atoms with Crippen LogP contribution in [0.4, 0.5) is 0 Å². The third-order valence-electron chi connectivity index (χ3n) is 4.12. The molecule has 2 aliphatic rings. The molecular weight excluding hydrogens is 224 g/mol. The van der Waals surface area contributed by atoms with E-state index < -0.39 is 0 Å². The molecule has 1 saturated carbocycles. The molecule has 1 unspecified atom stereocenters. The lowest BCUT2D eigenvalue weighted by Gasteiger charge is -2.27. The van der Waals surface area contributed by atoms with Gasteiger partial charge in [-0.3, -0.25) is 10.1 Å². The Balaban J connectivity index is 1.74. The molecule has 0 radical (unpaired) electrons. The van der Waals surface area contributed by atoms with Crippen molar-refractivity contribution in [2.45, 2.75) is 31.8 Å². The van der Waals surface area contributed by atoms with Gasteiger partial charge in [-0.25, -0.2) is 0 Å². The van der Waals surface area contributed by atoms with E-state index in [-0.39, 0.29) is 12.1 Å². The predicted molar refractivity (Wildman–Crippen MR) is 70.9 cm³/mol. The Labute approximate surface area is 108 Å². The van der Waals surface area contributed by atoms with Gasteiger partial charge in [0, 0.05) is 6.54 Å². The molecule has 96 valence electrons. The van der Waals surface area contributed by atoms with Crippen molar-refractivity contribution in [1.29, 1.82) is 0 Å². The number of hydrogen-bond acceptors (Lipinski definition) is 2. The minimum Gasteiger partial charge on any atom is -0.322 e. The number of amides is 1. The molecule has 0 bridgehead atoms. The van der Waals surface area contributed by atoms with Crippen LogP contribution in [0.2, 0.25) is 0 Å².